The molecule has 6 nitrogen and oxygen atoms in total. The molecule has 0 aliphatic rings. The highest BCUT2D eigenvalue weighted by Gasteiger charge is 2.20. The van der Waals surface area contributed by atoms with Gasteiger partial charge in [0.05, 0.1) is 25.4 Å². The molecule has 1 amide bonds. The van der Waals surface area contributed by atoms with Crippen molar-refractivity contribution in [2.75, 3.05) is 13.2 Å². The minimum atomic E-state index is -0.668. The second-order valence-corrected chi connectivity index (χ2v) is 24.9. The lowest BCUT2D eigenvalue weighted by Crippen LogP contribution is -2.45. The number of nitrogens with one attached hydrogen (secondary N) is 1. The van der Waals surface area contributed by atoms with Gasteiger partial charge in [-0.2, -0.15) is 0 Å². The van der Waals surface area contributed by atoms with Gasteiger partial charge >= 0.3 is 5.97 Å². The van der Waals surface area contributed by atoms with E-state index in [0.29, 0.717) is 25.9 Å². The zero-order valence-corrected chi connectivity index (χ0v) is 53.2. The third-order valence-electron chi connectivity index (χ3n) is 17.1. The van der Waals surface area contributed by atoms with Crippen LogP contribution in [0.15, 0.2) is 12.2 Å². The third-order valence-corrected chi connectivity index (χ3v) is 17.1. The Kier molecular flexibility index (Phi) is 66.9. The van der Waals surface area contributed by atoms with Crippen LogP contribution in [0.4, 0.5) is 0 Å². The summed E-state index contributed by atoms with van der Waals surface area (Å²) >= 11 is 0. The van der Waals surface area contributed by atoms with Crippen molar-refractivity contribution in [2.24, 2.45) is 0 Å². The van der Waals surface area contributed by atoms with Crippen LogP contribution in [0.1, 0.15) is 412 Å². The summed E-state index contributed by atoms with van der Waals surface area (Å²) < 4.78 is 5.48. The summed E-state index contributed by atoms with van der Waals surface area (Å²) in [6, 6.07) is -0.546. The number of aliphatic hydroxyl groups excluding tert-OH is 2. The van der Waals surface area contributed by atoms with Crippen molar-refractivity contribution in [1.82, 2.24) is 5.32 Å². The number of aliphatic hydroxyl groups is 2. The maximum Gasteiger partial charge on any atom is 0.305 e. The van der Waals surface area contributed by atoms with Crippen molar-refractivity contribution in [3.63, 3.8) is 0 Å². The minimum Gasteiger partial charge on any atom is -0.466 e. The number of carbonyl (C=O) groups excluding carboxylic acids is 2. The molecule has 0 aromatic carbocycles. The van der Waals surface area contributed by atoms with Crippen molar-refractivity contribution < 1.29 is 24.5 Å². The molecule has 3 N–H and O–H groups in total. The smallest absolute Gasteiger partial charge is 0.305 e. The Morgan fingerprint density at radius 3 is 0.910 bits per heavy atom. The highest BCUT2D eigenvalue weighted by atomic mass is 16.5. The number of hydrogen-bond acceptors (Lipinski definition) is 5. The van der Waals surface area contributed by atoms with E-state index in [9.17, 15) is 19.8 Å². The molecule has 0 aliphatic heterocycles. The van der Waals surface area contributed by atoms with Gasteiger partial charge in [-0.1, -0.05) is 360 Å². The molecule has 0 radical (unpaired) electrons. The Labute approximate surface area is 489 Å². The van der Waals surface area contributed by atoms with E-state index in [1.165, 1.54) is 340 Å². The van der Waals surface area contributed by atoms with E-state index >= 15 is 0 Å². The molecule has 0 saturated heterocycles. The van der Waals surface area contributed by atoms with Crippen LogP contribution >= 0.6 is 0 Å². The van der Waals surface area contributed by atoms with Gasteiger partial charge in [0, 0.05) is 12.8 Å². The predicted octanol–water partition coefficient (Wildman–Crippen LogP) is 23.1. The van der Waals surface area contributed by atoms with Crippen LogP contribution in [-0.2, 0) is 14.3 Å². The Hall–Kier alpha value is -1.40. The van der Waals surface area contributed by atoms with Crippen LogP contribution in [0.5, 0.6) is 0 Å². The van der Waals surface area contributed by atoms with E-state index in [1.54, 1.807) is 0 Å². The SMILES string of the molecule is CCCCCCCCCCCCCCCCCCCCCCCCCCCC(O)C(CO)NC(=O)CCCCCCCCCC/C=C\CCCCCCCCCCCCCCOC(=O)CCCCCCCCCCCCCC. The van der Waals surface area contributed by atoms with E-state index in [2.05, 4.69) is 31.3 Å². The molecule has 0 saturated carbocycles. The molecule has 2 unspecified atom stereocenters. The first-order valence-corrected chi connectivity index (χ1v) is 35.9. The topological polar surface area (TPSA) is 95.9 Å². The summed E-state index contributed by atoms with van der Waals surface area (Å²) in [6.07, 6.45) is 84.1. The zero-order chi connectivity index (χ0) is 56.4. The van der Waals surface area contributed by atoms with E-state index in [-0.39, 0.29) is 18.5 Å². The van der Waals surface area contributed by atoms with E-state index in [1.807, 2.05) is 0 Å². The highest BCUT2D eigenvalue weighted by Crippen LogP contribution is 2.19. The predicted molar refractivity (Wildman–Crippen MR) is 343 cm³/mol. The van der Waals surface area contributed by atoms with E-state index < -0.39 is 12.1 Å². The molecule has 78 heavy (non-hydrogen) atoms. The normalized spacial score (nSPS) is 12.5. The first kappa shape index (κ1) is 76.6. The number of hydrogen-bond donors (Lipinski definition) is 3. The number of unbranched alkanes of at least 4 members (excludes halogenated alkanes) is 55. The molecule has 0 aliphatic carbocycles. The number of rotatable bonds is 68. The average molecular weight is 1100 g/mol. The third kappa shape index (κ3) is 63.8. The summed E-state index contributed by atoms with van der Waals surface area (Å²) in [5.41, 5.74) is 0. The quantitative estimate of drug-likeness (QED) is 0.0320. The molecular weight excluding hydrogens is 959 g/mol. The number of ether oxygens (including phenoxy) is 1. The van der Waals surface area contributed by atoms with Crippen molar-refractivity contribution in [2.45, 2.75) is 424 Å². The van der Waals surface area contributed by atoms with E-state index in [4.69, 9.17) is 4.74 Å². The summed E-state index contributed by atoms with van der Waals surface area (Å²) in [6.45, 7) is 4.99. The van der Waals surface area contributed by atoms with Gasteiger partial charge in [-0.05, 0) is 51.4 Å². The number of esters is 1. The largest absolute Gasteiger partial charge is 0.466 e. The number of allylic oxidation sites excluding steroid dienone is 2. The Bertz CT molecular complexity index is 1180. The van der Waals surface area contributed by atoms with Gasteiger partial charge in [-0.3, -0.25) is 9.59 Å². The number of amides is 1. The maximum absolute atomic E-state index is 12.6. The zero-order valence-electron chi connectivity index (χ0n) is 53.2. The molecule has 2 atom stereocenters. The summed E-state index contributed by atoms with van der Waals surface area (Å²) in [5, 5.41) is 23.4. The van der Waals surface area contributed by atoms with E-state index in [0.717, 1.165) is 38.5 Å². The van der Waals surface area contributed by atoms with Gasteiger partial charge in [0.2, 0.25) is 5.91 Å². The monoisotopic (exact) mass is 1100 g/mol. The van der Waals surface area contributed by atoms with Crippen molar-refractivity contribution >= 4 is 11.9 Å². The van der Waals surface area contributed by atoms with Gasteiger partial charge in [0.1, 0.15) is 0 Å². The van der Waals surface area contributed by atoms with Crippen LogP contribution in [-0.4, -0.2) is 47.4 Å². The fourth-order valence-corrected chi connectivity index (χ4v) is 11.6. The molecule has 0 fully saturated rings. The molecule has 0 spiro atoms. The fourth-order valence-electron chi connectivity index (χ4n) is 11.6. The highest BCUT2D eigenvalue weighted by molar-refractivity contribution is 5.76. The number of carbonyl (C=O) groups is 2. The summed E-state index contributed by atoms with van der Waals surface area (Å²) in [4.78, 5) is 24.6. The lowest BCUT2D eigenvalue weighted by atomic mass is 10.0. The first-order chi connectivity index (χ1) is 38.5. The van der Waals surface area contributed by atoms with Crippen molar-refractivity contribution in [3.05, 3.63) is 12.2 Å². The summed E-state index contributed by atoms with van der Waals surface area (Å²) in [5.74, 6) is -0.0196. The summed E-state index contributed by atoms with van der Waals surface area (Å²) in [7, 11) is 0. The standard InChI is InChI=1S/C72H141NO5/c1-3-5-7-9-11-13-15-17-18-19-20-21-22-23-26-29-32-35-38-41-44-48-52-56-60-64-70(75)69(68-74)73-71(76)65-61-57-53-49-45-42-39-36-33-30-27-24-25-28-31-34-37-40-43-47-51-55-59-63-67-78-72(77)66-62-58-54-50-46-16-14-12-10-8-6-4-2/h27,30,69-70,74-75H,3-26,28-29,31-68H2,1-2H3,(H,73,76)/b30-27-. The van der Waals surface area contributed by atoms with Crippen LogP contribution in [0, 0.1) is 0 Å². The van der Waals surface area contributed by atoms with Gasteiger partial charge < -0.3 is 20.3 Å². The second-order valence-electron chi connectivity index (χ2n) is 24.9. The maximum atomic E-state index is 12.6. The molecule has 464 valence electrons. The Morgan fingerprint density at radius 2 is 0.603 bits per heavy atom. The van der Waals surface area contributed by atoms with Gasteiger partial charge in [0.15, 0.2) is 0 Å². The van der Waals surface area contributed by atoms with Gasteiger partial charge in [-0.25, -0.2) is 0 Å². The van der Waals surface area contributed by atoms with Crippen molar-refractivity contribution in [3.8, 4) is 0 Å². The van der Waals surface area contributed by atoms with Crippen LogP contribution in [0.2, 0.25) is 0 Å². The molecule has 0 rings (SSSR count). The lowest BCUT2D eigenvalue weighted by molar-refractivity contribution is -0.143. The molecule has 0 aromatic rings. The molecule has 0 heterocycles. The van der Waals surface area contributed by atoms with Crippen molar-refractivity contribution in [1.29, 1.82) is 0 Å². The van der Waals surface area contributed by atoms with Crippen LogP contribution in [0.3, 0.4) is 0 Å². The molecular formula is C72H141NO5. The van der Waals surface area contributed by atoms with Crippen LogP contribution < -0.4 is 5.32 Å². The second kappa shape index (κ2) is 68.1. The lowest BCUT2D eigenvalue weighted by Gasteiger charge is -2.22. The molecule has 6 heteroatoms. The van der Waals surface area contributed by atoms with Crippen LogP contribution in [0.25, 0.3) is 0 Å². The molecule has 0 bridgehead atoms. The van der Waals surface area contributed by atoms with Gasteiger partial charge in [-0.15, -0.1) is 0 Å². The molecule has 0 aromatic heterocycles. The fraction of sp³-hybridized carbons (Fsp3) is 0.944. The average Bonchev–Trinajstić information content (AvgIpc) is 3.44. The first-order valence-electron chi connectivity index (χ1n) is 35.9. The Morgan fingerprint density at radius 1 is 0.346 bits per heavy atom. The minimum absolute atomic E-state index is 0.0144. The Balaban J connectivity index is 3.40. The van der Waals surface area contributed by atoms with Gasteiger partial charge in [0.25, 0.3) is 0 Å².